The van der Waals surface area contributed by atoms with Crippen LogP contribution in [0.15, 0.2) is 48.5 Å². The Bertz CT molecular complexity index is 600. The molecule has 0 N–H and O–H groups in total. The molecule has 2 aromatic rings. The van der Waals surface area contributed by atoms with Crippen molar-refractivity contribution in [1.29, 1.82) is 0 Å². The summed E-state index contributed by atoms with van der Waals surface area (Å²) in [5.41, 5.74) is 2.42. The Labute approximate surface area is 139 Å². The molecule has 1 unspecified atom stereocenters. The molecule has 0 fully saturated rings. The van der Waals surface area contributed by atoms with E-state index < -0.39 is 0 Å². The van der Waals surface area contributed by atoms with Crippen molar-refractivity contribution < 1.29 is 14.2 Å². The molecular formula is C20H26O3. The zero-order valence-electron chi connectivity index (χ0n) is 14.6. The molecule has 0 aliphatic carbocycles. The molecule has 0 aliphatic heterocycles. The van der Waals surface area contributed by atoms with Gasteiger partial charge in [0.1, 0.15) is 18.1 Å². The normalized spacial score (nSPS) is 12.7. The second-order valence-electron chi connectivity index (χ2n) is 6.24. The van der Waals surface area contributed by atoms with Crippen LogP contribution in [0.4, 0.5) is 0 Å². The summed E-state index contributed by atoms with van der Waals surface area (Å²) in [4.78, 5) is 0. The summed E-state index contributed by atoms with van der Waals surface area (Å²) < 4.78 is 16.1. The van der Waals surface area contributed by atoms with Gasteiger partial charge in [0.2, 0.25) is 0 Å². The highest BCUT2D eigenvalue weighted by molar-refractivity contribution is 5.41. The smallest absolute Gasteiger partial charge is 0.119 e. The summed E-state index contributed by atoms with van der Waals surface area (Å²) in [6.45, 7) is 6.98. The molecule has 0 aliphatic rings. The zero-order chi connectivity index (χ0) is 16.9. The molecule has 2 rings (SSSR count). The quantitative estimate of drug-likeness (QED) is 0.756. The van der Waals surface area contributed by atoms with Gasteiger partial charge in [-0.2, -0.15) is 0 Å². The zero-order valence-corrected chi connectivity index (χ0v) is 14.6. The predicted octanol–water partition coefficient (Wildman–Crippen LogP) is 4.43. The Morgan fingerprint density at radius 3 is 1.74 bits per heavy atom. The molecule has 3 heteroatoms. The molecule has 2 aromatic carbocycles. The first-order valence-electron chi connectivity index (χ1n) is 7.88. The molecule has 0 amide bonds. The lowest BCUT2D eigenvalue weighted by molar-refractivity contribution is 0.0716. The van der Waals surface area contributed by atoms with Crippen molar-refractivity contribution >= 4 is 0 Å². The molecule has 1 atom stereocenters. The van der Waals surface area contributed by atoms with E-state index in [-0.39, 0.29) is 11.5 Å². The van der Waals surface area contributed by atoms with Crippen LogP contribution in [-0.2, 0) is 10.2 Å². The van der Waals surface area contributed by atoms with Crippen molar-refractivity contribution in [1.82, 2.24) is 0 Å². The summed E-state index contributed by atoms with van der Waals surface area (Å²) >= 11 is 0. The first-order chi connectivity index (χ1) is 11.0. The van der Waals surface area contributed by atoms with Crippen molar-refractivity contribution in [2.45, 2.75) is 32.3 Å². The van der Waals surface area contributed by atoms with Crippen LogP contribution in [0.5, 0.6) is 11.5 Å². The van der Waals surface area contributed by atoms with Gasteiger partial charge >= 0.3 is 0 Å². The maximum absolute atomic E-state index is 5.72. The lowest BCUT2D eigenvalue weighted by Gasteiger charge is -2.26. The van der Waals surface area contributed by atoms with Gasteiger partial charge < -0.3 is 14.2 Å². The molecule has 0 radical (unpaired) electrons. The number of benzene rings is 2. The number of ether oxygens (including phenoxy) is 3. The molecule has 124 valence electrons. The summed E-state index contributed by atoms with van der Waals surface area (Å²) in [5, 5.41) is 0. The minimum atomic E-state index is -0.0787. The SMILES string of the molecule is COc1ccc(C(C)(C)c2ccc(OCC(C)OC)cc2)cc1. The van der Waals surface area contributed by atoms with E-state index in [1.807, 2.05) is 31.2 Å². The first kappa shape index (κ1) is 17.4. The van der Waals surface area contributed by atoms with Crippen molar-refractivity contribution in [2.24, 2.45) is 0 Å². The maximum Gasteiger partial charge on any atom is 0.119 e. The van der Waals surface area contributed by atoms with Crippen molar-refractivity contribution in [3.05, 3.63) is 59.7 Å². The third-order valence-corrected chi connectivity index (χ3v) is 4.27. The monoisotopic (exact) mass is 314 g/mol. The van der Waals surface area contributed by atoms with Crippen LogP contribution >= 0.6 is 0 Å². The minimum absolute atomic E-state index is 0.0787. The Morgan fingerprint density at radius 1 is 0.826 bits per heavy atom. The average Bonchev–Trinajstić information content (AvgIpc) is 2.60. The highest BCUT2D eigenvalue weighted by Gasteiger charge is 2.23. The Kier molecular flexibility index (Phi) is 5.67. The van der Waals surface area contributed by atoms with E-state index in [1.54, 1.807) is 14.2 Å². The average molecular weight is 314 g/mol. The second kappa shape index (κ2) is 7.51. The minimum Gasteiger partial charge on any atom is -0.497 e. The van der Waals surface area contributed by atoms with E-state index in [9.17, 15) is 0 Å². The second-order valence-corrected chi connectivity index (χ2v) is 6.24. The molecule has 0 bridgehead atoms. The third-order valence-electron chi connectivity index (χ3n) is 4.27. The number of hydrogen-bond donors (Lipinski definition) is 0. The molecule has 0 saturated carbocycles. The Hall–Kier alpha value is -2.00. The van der Waals surface area contributed by atoms with E-state index in [1.165, 1.54) is 11.1 Å². The van der Waals surface area contributed by atoms with Gasteiger partial charge in [0.15, 0.2) is 0 Å². The van der Waals surface area contributed by atoms with Crippen LogP contribution in [0.3, 0.4) is 0 Å². The van der Waals surface area contributed by atoms with E-state index in [0.717, 1.165) is 11.5 Å². The molecule has 0 heterocycles. The molecule has 23 heavy (non-hydrogen) atoms. The molecule has 3 nitrogen and oxygen atoms in total. The lowest BCUT2D eigenvalue weighted by atomic mass is 9.78. The van der Waals surface area contributed by atoms with Crippen molar-refractivity contribution in [3.63, 3.8) is 0 Å². The fourth-order valence-corrected chi connectivity index (χ4v) is 2.42. The van der Waals surface area contributed by atoms with Gasteiger partial charge in [0.05, 0.1) is 13.2 Å². The largest absolute Gasteiger partial charge is 0.497 e. The Balaban J connectivity index is 2.12. The van der Waals surface area contributed by atoms with E-state index in [0.29, 0.717) is 6.61 Å². The van der Waals surface area contributed by atoms with Gasteiger partial charge in [0, 0.05) is 12.5 Å². The van der Waals surface area contributed by atoms with Crippen LogP contribution < -0.4 is 9.47 Å². The Morgan fingerprint density at radius 2 is 1.30 bits per heavy atom. The van der Waals surface area contributed by atoms with Crippen LogP contribution in [0, 0.1) is 0 Å². The van der Waals surface area contributed by atoms with Crippen molar-refractivity contribution in [2.75, 3.05) is 20.8 Å². The summed E-state index contributed by atoms with van der Waals surface area (Å²) in [7, 11) is 3.37. The molecule has 0 aromatic heterocycles. The van der Waals surface area contributed by atoms with E-state index >= 15 is 0 Å². The predicted molar refractivity (Wildman–Crippen MR) is 93.5 cm³/mol. The van der Waals surface area contributed by atoms with Gasteiger partial charge in [-0.25, -0.2) is 0 Å². The van der Waals surface area contributed by atoms with E-state index in [2.05, 4.69) is 38.1 Å². The van der Waals surface area contributed by atoms with Gasteiger partial charge in [-0.1, -0.05) is 38.1 Å². The van der Waals surface area contributed by atoms with Gasteiger partial charge in [-0.3, -0.25) is 0 Å². The van der Waals surface area contributed by atoms with Crippen LogP contribution in [0.1, 0.15) is 31.9 Å². The fourth-order valence-electron chi connectivity index (χ4n) is 2.42. The standard InChI is InChI=1S/C20H26O3/c1-15(21-4)14-23-19-12-8-17(9-13-19)20(2,3)16-6-10-18(22-5)11-7-16/h6-13,15H,14H2,1-5H3. The highest BCUT2D eigenvalue weighted by Crippen LogP contribution is 2.33. The van der Waals surface area contributed by atoms with Gasteiger partial charge in [0.25, 0.3) is 0 Å². The fraction of sp³-hybridized carbons (Fsp3) is 0.400. The highest BCUT2D eigenvalue weighted by atomic mass is 16.5. The van der Waals surface area contributed by atoms with E-state index in [4.69, 9.17) is 14.2 Å². The number of rotatable bonds is 7. The molecule has 0 saturated heterocycles. The van der Waals surface area contributed by atoms with Gasteiger partial charge in [-0.15, -0.1) is 0 Å². The van der Waals surface area contributed by atoms with Crippen molar-refractivity contribution in [3.8, 4) is 11.5 Å². The first-order valence-corrected chi connectivity index (χ1v) is 7.88. The third kappa shape index (κ3) is 4.26. The van der Waals surface area contributed by atoms with Crippen LogP contribution in [-0.4, -0.2) is 26.9 Å². The van der Waals surface area contributed by atoms with Crippen LogP contribution in [0.25, 0.3) is 0 Å². The van der Waals surface area contributed by atoms with Crippen LogP contribution in [0.2, 0.25) is 0 Å². The number of methoxy groups -OCH3 is 2. The summed E-state index contributed by atoms with van der Waals surface area (Å²) in [6.07, 6.45) is 0.0883. The molecule has 0 spiro atoms. The number of hydrogen-bond acceptors (Lipinski definition) is 3. The summed E-state index contributed by atoms with van der Waals surface area (Å²) in [5.74, 6) is 1.74. The molecular weight excluding hydrogens is 288 g/mol. The summed E-state index contributed by atoms with van der Waals surface area (Å²) in [6, 6.07) is 16.5. The van der Waals surface area contributed by atoms with Gasteiger partial charge in [-0.05, 0) is 42.3 Å². The maximum atomic E-state index is 5.72. The lowest BCUT2D eigenvalue weighted by Crippen LogP contribution is -2.19. The topological polar surface area (TPSA) is 27.7 Å².